The van der Waals surface area contributed by atoms with Gasteiger partial charge in [-0.15, -0.1) is 0 Å². The van der Waals surface area contributed by atoms with Crippen molar-refractivity contribution in [2.24, 2.45) is 0 Å². The van der Waals surface area contributed by atoms with Gasteiger partial charge in [-0.3, -0.25) is 14.5 Å². The second-order valence-corrected chi connectivity index (χ2v) is 9.84. The summed E-state index contributed by atoms with van der Waals surface area (Å²) >= 11 is 3.45. The van der Waals surface area contributed by atoms with E-state index < -0.39 is 17.7 Å². The molecule has 5 rings (SSSR count). The fourth-order valence-corrected chi connectivity index (χ4v) is 5.09. The van der Waals surface area contributed by atoms with Crippen molar-refractivity contribution in [3.8, 4) is 5.75 Å². The number of carbonyl (C=O) groups is 2. The third-order valence-corrected chi connectivity index (χ3v) is 7.34. The minimum absolute atomic E-state index is 0.108. The largest absolute Gasteiger partial charge is 0.507 e. The standard InChI is InChI=1S/C28H27BrN2O5/c1-35-23-9-6-19-16-21(3-2-20(19)17-23)26(32)24-25(18-4-7-22(29)8-5-18)31(28(34)27(24)33)11-10-30-12-14-36-15-13-30/h2-9,16-17,25,32H,10-15H2,1H3/b26-24+. The van der Waals surface area contributed by atoms with Crippen molar-refractivity contribution in [1.29, 1.82) is 0 Å². The van der Waals surface area contributed by atoms with Crippen LogP contribution in [0.15, 0.2) is 70.7 Å². The van der Waals surface area contributed by atoms with Crippen LogP contribution in [0.25, 0.3) is 16.5 Å². The van der Waals surface area contributed by atoms with Crippen LogP contribution in [0.3, 0.4) is 0 Å². The van der Waals surface area contributed by atoms with Gasteiger partial charge in [0.05, 0.1) is 31.9 Å². The van der Waals surface area contributed by atoms with Gasteiger partial charge in [0.25, 0.3) is 11.7 Å². The summed E-state index contributed by atoms with van der Waals surface area (Å²) in [6.45, 7) is 3.88. The van der Waals surface area contributed by atoms with Crippen LogP contribution in [-0.4, -0.2) is 73.1 Å². The molecule has 2 saturated heterocycles. The first-order valence-electron chi connectivity index (χ1n) is 11.9. The zero-order chi connectivity index (χ0) is 25.2. The summed E-state index contributed by atoms with van der Waals surface area (Å²) in [5.41, 5.74) is 1.37. The van der Waals surface area contributed by atoms with Crippen molar-refractivity contribution in [2.45, 2.75) is 6.04 Å². The Morgan fingerprint density at radius 3 is 2.42 bits per heavy atom. The molecule has 2 aliphatic heterocycles. The van der Waals surface area contributed by atoms with Crippen molar-refractivity contribution >= 4 is 44.2 Å². The van der Waals surface area contributed by atoms with Gasteiger partial charge in [-0.1, -0.05) is 46.3 Å². The summed E-state index contributed by atoms with van der Waals surface area (Å²) in [4.78, 5) is 30.3. The first kappa shape index (κ1) is 24.5. The summed E-state index contributed by atoms with van der Waals surface area (Å²) < 4.78 is 11.6. The zero-order valence-electron chi connectivity index (χ0n) is 19.9. The van der Waals surface area contributed by atoms with Crippen LogP contribution < -0.4 is 4.74 Å². The number of aliphatic hydroxyl groups excluding tert-OH is 1. The van der Waals surface area contributed by atoms with E-state index in [0.29, 0.717) is 31.9 Å². The van der Waals surface area contributed by atoms with E-state index in [2.05, 4.69) is 20.8 Å². The molecule has 2 heterocycles. The first-order valence-corrected chi connectivity index (χ1v) is 12.7. The number of Topliss-reactive ketones (excluding diaryl/α,β-unsaturated/α-hetero) is 1. The molecule has 1 unspecified atom stereocenters. The van der Waals surface area contributed by atoms with E-state index >= 15 is 0 Å². The van der Waals surface area contributed by atoms with Crippen molar-refractivity contribution < 1.29 is 24.2 Å². The molecule has 0 spiro atoms. The molecule has 3 aromatic carbocycles. The Balaban J connectivity index is 1.55. The number of ether oxygens (including phenoxy) is 2. The molecule has 0 bridgehead atoms. The van der Waals surface area contributed by atoms with E-state index in [4.69, 9.17) is 9.47 Å². The highest BCUT2D eigenvalue weighted by Crippen LogP contribution is 2.40. The summed E-state index contributed by atoms with van der Waals surface area (Å²) in [6, 6.07) is 17.9. The lowest BCUT2D eigenvalue weighted by Gasteiger charge is -2.31. The Kier molecular flexibility index (Phi) is 7.09. The number of morpholine rings is 1. The highest BCUT2D eigenvalue weighted by atomic mass is 79.9. The average Bonchev–Trinajstić information content (AvgIpc) is 3.16. The van der Waals surface area contributed by atoms with Gasteiger partial charge < -0.3 is 19.5 Å². The second-order valence-electron chi connectivity index (χ2n) is 8.93. The van der Waals surface area contributed by atoms with Crippen LogP contribution in [0.1, 0.15) is 17.2 Å². The first-order chi connectivity index (χ1) is 17.5. The minimum Gasteiger partial charge on any atom is -0.507 e. The van der Waals surface area contributed by atoms with E-state index in [0.717, 1.165) is 39.6 Å². The van der Waals surface area contributed by atoms with Crippen LogP contribution in [-0.2, 0) is 14.3 Å². The van der Waals surface area contributed by atoms with Gasteiger partial charge >= 0.3 is 0 Å². The topological polar surface area (TPSA) is 79.3 Å². The number of amides is 1. The van der Waals surface area contributed by atoms with E-state index in [1.807, 2.05) is 54.6 Å². The average molecular weight is 551 g/mol. The molecule has 0 aliphatic carbocycles. The van der Waals surface area contributed by atoms with Crippen molar-refractivity contribution in [3.63, 3.8) is 0 Å². The van der Waals surface area contributed by atoms with Crippen molar-refractivity contribution in [2.75, 3.05) is 46.5 Å². The number of rotatable bonds is 6. The van der Waals surface area contributed by atoms with Crippen LogP contribution in [0.5, 0.6) is 5.75 Å². The van der Waals surface area contributed by atoms with Crippen LogP contribution in [0.4, 0.5) is 0 Å². The smallest absolute Gasteiger partial charge is 0.295 e. The van der Waals surface area contributed by atoms with Gasteiger partial charge in [-0.25, -0.2) is 0 Å². The number of hydrogen-bond acceptors (Lipinski definition) is 6. The maximum absolute atomic E-state index is 13.3. The monoisotopic (exact) mass is 550 g/mol. The molecule has 3 aromatic rings. The maximum Gasteiger partial charge on any atom is 0.295 e. The van der Waals surface area contributed by atoms with Crippen LogP contribution in [0.2, 0.25) is 0 Å². The van der Waals surface area contributed by atoms with Gasteiger partial charge in [-0.05, 0) is 46.7 Å². The van der Waals surface area contributed by atoms with Crippen molar-refractivity contribution in [1.82, 2.24) is 9.80 Å². The summed E-state index contributed by atoms with van der Waals surface area (Å²) in [5.74, 6) is -0.700. The third kappa shape index (κ3) is 4.76. The van der Waals surface area contributed by atoms with Gasteiger partial charge in [0.15, 0.2) is 0 Å². The van der Waals surface area contributed by atoms with Crippen molar-refractivity contribution in [3.05, 3.63) is 81.8 Å². The predicted octanol–water partition coefficient (Wildman–Crippen LogP) is 4.36. The van der Waals surface area contributed by atoms with Gasteiger partial charge in [-0.2, -0.15) is 0 Å². The Morgan fingerprint density at radius 2 is 1.69 bits per heavy atom. The van der Waals surface area contributed by atoms with E-state index in [1.54, 1.807) is 18.1 Å². The predicted molar refractivity (Wildman–Crippen MR) is 141 cm³/mol. The number of aliphatic hydroxyl groups is 1. The number of ketones is 1. The number of fused-ring (bicyclic) bond motifs is 1. The van der Waals surface area contributed by atoms with E-state index in [-0.39, 0.29) is 11.3 Å². The number of likely N-dealkylation sites (tertiary alicyclic amines) is 1. The lowest BCUT2D eigenvalue weighted by atomic mass is 9.94. The molecule has 0 aromatic heterocycles. The highest BCUT2D eigenvalue weighted by Gasteiger charge is 2.46. The summed E-state index contributed by atoms with van der Waals surface area (Å²) in [5, 5.41) is 13.2. The number of hydrogen-bond donors (Lipinski definition) is 1. The fourth-order valence-electron chi connectivity index (χ4n) is 4.83. The highest BCUT2D eigenvalue weighted by molar-refractivity contribution is 9.10. The van der Waals surface area contributed by atoms with Crippen LogP contribution >= 0.6 is 15.9 Å². The lowest BCUT2D eigenvalue weighted by molar-refractivity contribution is -0.140. The number of nitrogens with zero attached hydrogens (tertiary/aromatic N) is 2. The van der Waals surface area contributed by atoms with E-state index in [1.165, 1.54) is 0 Å². The molecule has 0 radical (unpaired) electrons. The normalized spacial score (nSPS) is 20.3. The molecule has 0 saturated carbocycles. The number of halogens is 1. The molecule has 1 atom stereocenters. The molecular formula is C28H27BrN2O5. The molecule has 1 amide bonds. The molecule has 1 N–H and O–H groups in total. The molecule has 36 heavy (non-hydrogen) atoms. The number of methoxy groups -OCH3 is 1. The van der Waals surface area contributed by atoms with Crippen LogP contribution in [0, 0.1) is 0 Å². The van der Waals surface area contributed by atoms with Gasteiger partial charge in [0.1, 0.15) is 11.5 Å². The maximum atomic E-state index is 13.3. The number of benzene rings is 3. The Morgan fingerprint density at radius 1 is 1.00 bits per heavy atom. The summed E-state index contributed by atoms with van der Waals surface area (Å²) in [7, 11) is 1.61. The Bertz CT molecular complexity index is 1330. The molecule has 186 valence electrons. The van der Waals surface area contributed by atoms with Gasteiger partial charge in [0.2, 0.25) is 0 Å². The quantitative estimate of drug-likeness (QED) is 0.279. The third-order valence-electron chi connectivity index (χ3n) is 6.81. The molecule has 8 heteroatoms. The summed E-state index contributed by atoms with van der Waals surface area (Å²) in [6.07, 6.45) is 0. The minimum atomic E-state index is -0.675. The molecule has 2 fully saturated rings. The SMILES string of the molecule is COc1ccc2cc(/C(O)=C3\C(=O)C(=O)N(CCN4CCOCC4)C3c3ccc(Br)cc3)ccc2c1. The fraction of sp³-hybridized carbons (Fsp3) is 0.286. The molecular weight excluding hydrogens is 524 g/mol. The van der Waals surface area contributed by atoms with Gasteiger partial charge in [0, 0.05) is 36.2 Å². The Hall–Kier alpha value is -3.20. The number of carbonyl (C=O) groups excluding carboxylic acids is 2. The molecule has 2 aliphatic rings. The zero-order valence-corrected chi connectivity index (χ0v) is 21.5. The Labute approximate surface area is 218 Å². The second kappa shape index (κ2) is 10.4. The van der Waals surface area contributed by atoms with E-state index in [9.17, 15) is 14.7 Å². The lowest BCUT2D eigenvalue weighted by Crippen LogP contribution is -2.42. The molecule has 7 nitrogen and oxygen atoms in total.